The summed E-state index contributed by atoms with van der Waals surface area (Å²) in [4.78, 5) is 11.3. The maximum absolute atomic E-state index is 12.8. The average molecular weight is 300 g/mol. The molecule has 0 heterocycles. The van der Waals surface area contributed by atoms with E-state index in [1.807, 2.05) is 0 Å². The number of halogens is 5. The Morgan fingerprint density at radius 3 is 2.56 bits per heavy atom. The normalized spacial score (nSPS) is 11.3. The van der Waals surface area contributed by atoms with Crippen molar-refractivity contribution < 1.29 is 22.4 Å². The molecule has 0 spiro atoms. The molecule has 0 aliphatic heterocycles. The molecule has 88 valence electrons. The van der Waals surface area contributed by atoms with Crippen LogP contribution >= 0.6 is 15.9 Å². The van der Waals surface area contributed by atoms with E-state index in [-0.39, 0.29) is 10.0 Å². The highest BCUT2D eigenvalue weighted by Crippen LogP contribution is 2.18. The number of hydrogen-bond donors (Lipinski definition) is 1. The zero-order valence-electron chi connectivity index (χ0n) is 7.74. The molecule has 0 fully saturated rings. The van der Waals surface area contributed by atoms with E-state index >= 15 is 0 Å². The van der Waals surface area contributed by atoms with Gasteiger partial charge in [0, 0.05) is 4.47 Å². The van der Waals surface area contributed by atoms with Gasteiger partial charge in [-0.05, 0) is 34.1 Å². The molecule has 16 heavy (non-hydrogen) atoms. The summed E-state index contributed by atoms with van der Waals surface area (Å²) in [7, 11) is 0. The second kappa shape index (κ2) is 4.82. The monoisotopic (exact) mass is 299 g/mol. The number of rotatable bonds is 2. The molecule has 1 aromatic carbocycles. The molecule has 2 nitrogen and oxygen atoms in total. The molecule has 0 aliphatic rings. The van der Waals surface area contributed by atoms with Gasteiger partial charge in [-0.15, -0.1) is 0 Å². The van der Waals surface area contributed by atoms with Crippen molar-refractivity contribution in [2.24, 2.45) is 0 Å². The first kappa shape index (κ1) is 13.0. The summed E-state index contributed by atoms with van der Waals surface area (Å²) in [6.45, 7) is -1.45. The number of benzene rings is 1. The third kappa shape index (κ3) is 3.80. The van der Waals surface area contributed by atoms with E-state index in [9.17, 15) is 22.4 Å². The van der Waals surface area contributed by atoms with Gasteiger partial charge in [0.2, 0.25) is 0 Å². The predicted octanol–water partition coefficient (Wildman–Crippen LogP) is 2.88. The van der Waals surface area contributed by atoms with Crippen molar-refractivity contribution in [3.05, 3.63) is 34.1 Å². The molecule has 0 radical (unpaired) electrons. The minimum Gasteiger partial charge on any atom is -0.343 e. The standard InChI is InChI=1S/C9H6BrF4NO/c10-7-2-1-5(11)3-6(7)8(16)15-4-9(12,13)14/h1-3H,4H2,(H,15,16). The topological polar surface area (TPSA) is 29.1 Å². The van der Waals surface area contributed by atoms with E-state index in [0.29, 0.717) is 0 Å². The quantitative estimate of drug-likeness (QED) is 0.836. The van der Waals surface area contributed by atoms with Crippen LogP contribution in [0.2, 0.25) is 0 Å². The number of alkyl halides is 3. The fourth-order valence-corrected chi connectivity index (χ4v) is 1.37. The van der Waals surface area contributed by atoms with Gasteiger partial charge in [0.15, 0.2) is 0 Å². The van der Waals surface area contributed by atoms with Crippen molar-refractivity contribution in [1.29, 1.82) is 0 Å². The lowest BCUT2D eigenvalue weighted by atomic mass is 10.2. The summed E-state index contributed by atoms with van der Waals surface area (Å²) >= 11 is 2.94. The first-order valence-electron chi connectivity index (χ1n) is 4.09. The summed E-state index contributed by atoms with van der Waals surface area (Å²) in [5.41, 5.74) is -0.177. The lowest BCUT2D eigenvalue weighted by Crippen LogP contribution is -2.33. The van der Waals surface area contributed by atoms with Crippen molar-refractivity contribution in [2.45, 2.75) is 6.18 Å². The second-order valence-electron chi connectivity index (χ2n) is 2.92. The van der Waals surface area contributed by atoms with Crippen molar-refractivity contribution in [3.63, 3.8) is 0 Å². The molecule has 0 saturated carbocycles. The van der Waals surface area contributed by atoms with E-state index < -0.39 is 24.4 Å². The van der Waals surface area contributed by atoms with Gasteiger partial charge in [-0.25, -0.2) is 4.39 Å². The van der Waals surface area contributed by atoms with E-state index in [1.165, 1.54) is 6.07 Å². The van der Waals surface area contributed by atoms with Crippen LogP contribution in [0.5, 0.6) is 0 Å². The Hall–Kier alpha value is -1.11. The molecule has 7 heteroatoms. The van der Waals surface area contributed by atoms with Crippen LogP contribution < -0.4 is 5.32 Å². The van der Waals surface area contributed by atoms with Crippen molar-refractivity contribution in [1.82, 2.24) is 5.32 Å². The van der Waals surface area contributed by atoms with Gasteiger partial charge in [-0.3, -0.25) is 4.79 Å². The predicted molar refractivity (Wildman–Crippen MR) is 52.5 cm³/mol. The van der Waals surface area contributed by atoms with Crippen LogP contribution in [-0.4, -0.2) is 18.6 Å². The first-order chi connectivity index (χ1) is 7.29. The molecular formula is C9H6BrF4NO. The van der Waals surface area contributed by atoms with Crippen LogP contribution in [0.15, 0.2) is 22.7 Å². The van der Waals surface area contributed by atoms with E-state index in [0.717, 1.165) is 12.1 Å². The SMILES string of the molecule is O=C(NCC(F)(F)F)c1cc(F)ccc1Br. The summed E-state index contributed by atoms with van der Waals surface area (Å²) in [6.07, 6.45) is -4.49. The van der Waals surface area contributed by atoms with Gasteiger partial charge >= 0.3 is 6.18 Å². The number of nitrogens with one attached hydrogen (secondary N) is 1. The number of hydrogen-bond acceptors (Lipinski definition) is 1. The first-order valence-corrected chi connectivity index (χ1v) is 4.89. The number of carbonyl (C=O) groups excluding carboxylic acids is 1. The molecule has 0 aromatic heterocycles. The van der Waals surface area contributed by atoms with E-state index in [1.54, 1.807) is 5.32 Å². The average Bonchev–Trinajstić information content (AvgIpc) is 2.17. The lowest BCUT2D eigenvalue weighted by molar-refractivity contribution is -0.123. The van der Waals surface area contributed by atoms with E-state index in [4.69, 9.17) is 0 Å². The van der Waals surface area contributed by atoms with E-state index in [2.05, 4.69) is 15.9 Å². The number of amides is 1. The van der Waals surface area contributed by atoms with Crippen LogP contribution in [0.1, 0.15) is 10.4 Å². The molecule has 1 aromatic rings. The van der Waals surface area contributed by atoms with Crippen molar-refractivity contribution in [3.8, 4) is 0 Å². The Morgan fingerprint density at radius 2 is 2.00 bits per heavy atom. The summed E-state index contributed by atoms with van der Waals surface area (Å²) in [5, 5.41) is 1.65. The van der Waals surface area contributed by atoms with Crippen LogP contribution in [0.3, 0.4) is 0 Å². The van der Waals surface area contributed by atoms with Gasteiger partial charge in [-0.1, -0.05) is 0 Å². The Labute approximate surface area is 96.8 Å². The molecule has 0 unspecified atom stereocenters. The maximum Gasteiger partial charge on any atom is 0.405 e. The molecular weight excluding hydrogens is 294 g/mol. The summed E-state index contributed by atoms with van der Waals surface area (Å²) in [5.74, 6) is -1.68. The second-order valence-corrected chi connectivity index (χ2v) is 3.78. The molecule has 0 saturated heterocycles. The minimum atomic E-state index is -4.49. The third-order valence-corrected chi connectivity index (χ3v) is 2.31. The van der Waals surface area contributed by atoms with Crippen LogP contribution in [0.4, 0.5) is 17.6 Å². The summed E-state index contributed by atoms with van der Waals surface area (Å²) < 4.78 is 48.4. The molecule has 1 rings (SSSR count). The Balaban J connectivity index is 2.77. The van der Waals surface area contributed by atoms with Crippen LogP contribution in [-0.2, 0) is 0 Å². The van der Waals surface area contributed by atoms with Gasteiger partial charge in [-0.2, -0.15) is 13.2 Å². The largest absolute Gasteiger partial charge is 0.405 e. The fraction of sp³-hybridized carbons (Fsp3) is 0.222. The Kier molecular flexibility index (Phi) is 3.90. The van der Waals surface area contributed by atoms with Gasteiger partial charge in [0.1, 0.15) is 12.4 Å². The van der Waals surface area contributed by atoms with Crippen LogP contribution in [0.25, 0.3) is 0 Å². The van der Waals surface area contributed by atoms with Gasteiger partial charge in [0.25, 0.3) is 5.91 Å². The Morgan fingerprint density at radius 1 is 1.38 bits per heavy atom. The molecule has 1 amide bonds. The van der Waals surface area contributed by atoms with Crippen LogP contribution in [0, 0.1) is 5.82 Å². The highest BCUT2D eigenvalue weighted by molar-refractivity contribution is 9.10. The van der Waals surface area contributed by atoms with Crippen molar-refractivity contribution in [2.75, 3.05) is 6.54 Å². The minimum absolute atomic E-state index is 0.177. The van der Waals surface area contributed by atoms with Gasteiger partial charge in [0.05, 0.1) is 5.56 Å². The Bertz CT molecular complexity index is 405. The number of carbonyl (C=O) groups is 1. The van der Waals surface area contributed by atoms with Gasteiger partial charge < -0.3 is 5.32 Å². The summed E-state index contributed by atoms with van der Waals surface area (Å²) in [6, 6.07) is 3.19. The highest BCUT2D eigenvalue weighted by atomic mass is 79.9. The highest BCUT2D eigenvalue weighted by Gasteiger charge is 2.28. The maximum atomic E-state index is 12.8. The van der Waals surface area contributed by atoms with Crippen molar-refractivity contribution >= 4 is 21.8 Å². The third-order valence-electron chi connectivity index (χ3n) is 1.62. The zero-order chi connectivity index (χ0) is 12.3. The smallest absolute Gasteiger partial charge is 0.343 e. The molecule has 0 atom stereocenters. The zero-order valence-corrected chi connectivity index (χ0v) is 9.32. The lowest BCUT2D eigenvalue weighted by Gasteiger charge is -2.09. The molecule has 0 aliphatic carbocycles. The molecule has 0 bridgehead atoms. The molecule has 1 N–H and O–H groups in total. The fourth-order valence-electron chi connectivity index (χ4n) is 0.947.